The van der Waals surface area contributed by atoms with Crippen LogP contribution in [0.5, 0.6) is 0 Å². The number of hydrogen-bond donors (Lipinski definition) is 2. The predicted molar refractivity (Wildman–Crippen MR) is 58.9 cm³/mol. The van der Waals surface area contributed by atoms with Crippen LogP contribution in [0.15, 0.2) is 18.2 Å². The number of hydrogen-bond acceptors (Lipinski definition) is 2. The first-order chi connectivity index (χ1) is 7.58. The van der Waals surface area contributed by atoms with Gasteiger partial charge in [0.25, 0.3) is 0 Å². The number of anilines is 1. The van der Waals surface area contributed by atoms with Crippen LogP contribution in [0.4, 0.5) is 10.1 Å². The first-order valence-corrected chi connectivity index (χ1v) is 5.33. The highest BCUT2D eigenvalue weighted by Gasteiger charge is 2.36. The Balaban J connectivity index is 2.09. The van der Waals surface area contributed by atoms with Crippen molar-refractivity contribution >= 4 is 11.7 Å². The maximum atomic E-state index is 13.0. The van der Waals surface area contributed by atoms with Crippen molar-refractivity contribution in [1.29, 1.82) is 0 Å². The summed E-state index contributed by atoms with van der Waals surface area (Å²) >= 11 is 0. The van der Waals surface area contributed by atoms with E-state index in [4.69, 9.17) is 5.11 Å². The van der Waals surface area contributed by atoms with Gasteiger partial charge >= 0.3 is 5.97 Å². The Morgan fingerprint density at radius 2 is 2.25 bits per heavy atom. The van der Waals surface area contributed by atoms with E-state index < -0.39 is 5.97 Å². The second-order valence-corrected chi connectivity index (χ2v) is 4.23. The highest BCUT2D eigenvalue weighted by atomic mass is 19.1. The lowest BCUT2D eigenvalue weighted by molar-refractivity contribution is -0.144. The number of halogens is 1. The third-order valence-electron chi connectivity index (χ3n) is 3.13. The zero-order valence-electron chi connectivity index (χ0n) is 9.03. The standard InChI is InChI=1S/C12H14FNO2/c1-7-2-3-8(13)6-11(7)14-10-5-4-9(10)12(15)16/h2-3,6,9-10,14H,4-5H2,1H3,(H,15,16). The smallest absolute Gasteiger partial charge is 0.308 e. The highest BCUT2D eigenvalue weighted by Crippen LogP contribution is 2.31. The molecule has 1 aliphatic carbocycles. The normalized spacial score (nSPS) is 23.6. The fourth-order valence-corrected chi connectivity index (χ4v) is 1.92. The van der Waals surface area contributed by atoms with Gasteiger partial charge in [-0.1, -0.05) is 6.07 Å². The Bertz CT molecular complexity index is 419. The predicted octanol–water partition coefficient (Wildman–Crippen LogP) is 2.41. The van der Waals surface area contributed by atoms with Crippen molar-refractivity contribution < 1.29 is 14.3 Å². The van der Waals surface area contributed by atoms with Gasteiger partial charge in [0.1, 0.15) is 5.82 Å². The van der Waals surface area contributed by atoms with Gasteiger partial charge in [-0.3, -0.25) is 4.79 Å². The topological polar surface area (TPSA) is 49.3 Å². The molecule has 2 unspecified atom stereocenters. The monoisotopic (exact) mass is 223 g/mol. The van der Waals surface area contributed by atoms with Crippen LogP contribution in [0.25, 0.3) is 0 Å². The van der Waals surface area contributed by atoms with Crippen molar-refractivity contribution in [3.05, 3.63) is 29.6 Å². The molecule has 1 aliphatic rings. The van der Waals surface area contributed by atoms with E-state index >= 15 is 0 Å². The Labute approximate surface area is 93.3 Å². The van der Waals surface area contributed by atoms with Crippen LogP contribution < -0.4 is 5.32 Å². The van der Waals surface area contributed by atoms with Crippen LogP contribution in [0.1, 0.15) is 18.4 Å². The largest absolute Gasteiger partial charge is 0.481 e. The molecule has 0 bridgehead atoms. The van der Waals surface area contributed by atoms with Crippen LogP contribution >= 0.6 is 0 Å². The molecule has 2 atom stereocenters. The molecule has 1 aromatic rings. The van der Waals surface area contributed by atoms with E-state index in [0.29, 0.717) is 12.1 Å². The number of rotatable bonds is 3. The molecule has 0 heterocycles. The van der Waals surface area contributed by atoms with Gasteiger partial charge in [0, 0.05) is 11.7 Å². The highest BCUT2D eigenvalue weighted by molar-refractivity contribution is 5.73. The lowest BCUT2D eigenvalue weighted by atomic mass is 9.79. The van der Waals surface area contributed by atoms with Crippen molar-refractivity contribution in [2.45, 2.75) is 25.8 Å². The van der Waals surface area contributed by atoms with Crippen LogP contribution in [-0.2, 0) is 4.79 Å². The van der Waals surface area contributed by atoms with E-state index in [0.717, 1.165) is 12.0 Å². The number of benzene rings is 1. The van der Waals surface area contributed by atoms with E-state index in [-0.39, 0.29) is 17.8 Å². The van der Waals surface area contributed by atoms with E-state index in [9.17, 15) is 9.18 Å². The molecule has 1 fully saturated rings. The van der Waals surface area contributed by atoms with E-state index in [1.165, 1.54) is 12.1 Å². The average Bonchev–Trinajstić information content (AvgIpc) is 2.16. The Kier molecular flexibility index (Phi) is 2.81. The van der Waals surface area contributed by atoms with E-state index in [2.05, 4.69) is 5.32 Å². The molecule has 16 heavy (non-hydrogen) atoms. The molecule has 0 spiro atoms. The summed E-state index contributed by atoms with van der Waals surface area (Å²) in [4.78, 5) is 10.8. The van der Waals surface area contributed by atoms with Gasteiger partial charge in [0.05, 0.1) is 5.92 Å². The first-order valence-electron chi connectivity index (χ1n) is 5.33. The quantitative estimate of drug-likeness (QED) is 0.827. The molecule has 0 saturated heterocycles. The van der Waals surface area contributed by atoms with Crippen LogP contribution in [0, 0.1) is 18.7 Å². The molecular formula is C12H14FNO2. The van der Waals surface area contributed by atoms with Gasteiger partial charge in [-0.05, 0) is 37.5 Å². The van der Waals surface area contributed by atoms with Gasteiger partial charge in [-0.25, -0.2) is 4.39 Å². The minimum Gasteiger partial charge on any atom is -0.481 e. The fraction of sp³-hybridized carbons (Fsp3) is 0.417. The molecule has 3 nitrogen and oxygen atoms in total. The summed E-state index contributed by atoms with van der Waals surface area (Å²) in [5, 5.41) is 12.0. The molecule has 0 amide bonds. The molecule has 86 valence electrons. The first kappa shape index (κ1) is 10.9. The summed E-state index contributed by atoms with van der Waals surface area (Å²) < 4.78 is 13.0. The number of carboxylic acid groups (broad SMARTS) is 1. The summed E-state index contributed by atoms with van der Waals surface area (Å²) in [6, 6.07) is 4.42. The Morgan fingerprint density at radius 3 is 2.81 bits per heavy atom. The van der Waals surface area contributed by atoms with Gasteiger partial charge in [-0.2, -0.15) is 0 Å². The molecule has 0 aliphatic heterocycles. The fourth-order valence-electron chi connectivity index (χ4n) is 1.92. The van der Waals surface area contributed by atoms with Crippen molar-refractivity contribution in [2.24, 2.45) is 5.92 Å². The minimum absolute atomic E-state index is 0.0713. The summed E-state index contributed by atoms with van der Waals surface area (Å²) in [5.41, 5.74) is 1.62. The molecular weight excluding hydrogens is 209 g/mol. The zero-order valence-corrected chi connectivity index (χ0v) is 9.03. The Hall–Kier alpha value is -1.58. The molecule has 0 radical (unpaired) electrons. The van der Waals surface area contributed by atoms with Gasteiger partial charge < -0.3 is 10.4 Å². The van der Waals surface area contributed by atoms with Gasteiger partial charge in [0.2, 0.25) is 0 Å². The second-order valence-electron chi connectivity index (χ2n) is 4.23. The summed E-state index contributed by atoms with van der Waals surface area (Å²) in [6.45, 7) is 1.87. The second kappa shape index (κ2) is 4.12. The van der Waals surface area contributed by atoms with Crippen LogP contribution in [0.3, 0.4) is 0 Å². The summed E-state index contributed by atoms with van der Waals surface area (Å²) in [5.74, 6) is -1.43. The molecule has 4 heteroatoms. The molecule has 2 N–H and O–H groups in total. The number of carboxylic acids is 1. The number of nitrogens with one attached hydrogen (secondary N) is 1. The lowest BCUT2D eigenvalue weighted by Crippen LogP contribution is -2.43. The summed E-state index contributed by atoms with van der Waals surface area (Å²) in [6.07, 6.45) is 1.52. The zero-order chi connectivity index (χ0) is 11.7. The van der Waals surface area contributed by atoms with E-state index in [1.54, 1.807) is 6.07 Å². The third kappa shape index (κ3) is 2.01. The SMILES string of the molecule is Cc1ccc(F)cc1NC1CCC1C(=O)O. The van der Waals surface area contributed by atoms with Crippen molar-refractivity contribution in [3.8, 4) is 0 Å². The third-order valence-corrected chi connectivity index (χ3v) is 3.13. The lowest BCUT2D eigenvalue weighted by Gasteiger charge is -2.35. The minimum atomic E-state index is -0.780. The average molecular weight is 223 g/mol. The van der Waals surface area contributed by atoms with E-state index in [1.807, 2.05) is 6.92 Å². The Morgan fingerprint density at radius 1 is 1.50 bits per heavy atom. The van der Waals surface area contributed by atoms with Crippen LogP contribution in [-0.4, -0.2) is 17.1 Å². The van der Waals surface area contributed by atoms with Crippen molar-refractivity contribution in [3.63, 3.8) is 0 Å². The molecule has 1 saturated carbocycles. The van der Waals surface area contributed by atoms with Crippen molar-refractivity contribution in [2.75, 3.05) is 5.32 Å². The van der Waals surface area contributed by atoms with Gasteiger partial charge in [-0.15, -0.1) is 0 Å². The van der Waals surface area contributed by atoms with Crippen LogP contribution in [0.2, 0.25) is 0 Å². The molecule has 1 aromatic carbocycles. The molecule has 2 rings (SSSR count). The summed E-state index contributed by atoms with van der Waals surface area (Å²) in [7, 11) is 0. The number of aliphatic carboxylic acids is 1. The maximum Gasteiger partial charge on any atom is 0.308 e. The molecule has 0 aromatic heterocycles. The maximum absolute atomic E-state index is 13.0. The number of carbonyl (C=O) groups is 1. The van der Waals surface area contributed by atoms with Crippen molar-refractivity contribution in [1.82, 2.24) is 0 Å². The number of aryl methyl sites for hydroxylation is 1. The van der Waals surface area contributed by atoms with Gasteiger partial charge in [0.15, 0.2) is 0 Å².